The molecule has 3 aromatic rings. The van der Waals surface area contributed by atoms with Gasteiger partial charge in [-0.1, -0.05) is 23.7 Å². The molecular formula is C14H11ClN4O. The van der Waals surface area contributed by atoms with Crippen LogP contribution in [0.4, 0.5) is 5.82 Å². The van der Waals surface area contributed by atoms with Crippen molar-refractivity contribution < 1.29 is 4.79 Å². The number of aromatic nitrogens is 3. The van der Waals surface area contributed by atoms with Crippen molar-refractivity contribution in [3.05, 3.63) is 59.1 Å². The lowest BCUT2D eigenvalue weighted by Crippen LogP contribution is -2.16. The minimum atomic E-state index is -0.268. The minimum absolute atomic E-state index is 0.268. The van der Waals surface area contributed by atoms with Gasteiger partial charge >= 0.3 is 0 Å². The van der Waals surface area contributed by atoms with Crippen molar-refractivity contribution in [1.29, 1.82) is 0 Å². The van der Waals surface area contributed by atoms with Crippen LogP contribution in [0.3, 0.4) is 0 Å². The molecule has 0 unspecified atom stereocenters. The highest BCUT2D eigenvalue weighted by atomic mass is 35.5. The third kappa shape index (κ3) is 2.23. The van der Waals surface area contributed by atoms with Crippen molar-refractivity contribution in [2.24, 2.45) is 0 Å². The minimum Gasteiger partial charge on any atom is -0.305 e. The third-order valence-corrected chi connectivity index (χ3v) is 3.09. The van der Waals surface area contributed by atoms with Crippen LogP contribution in [-0.2, 0) is 0 Å². The summed E-state index contributed by atoms with van der Waals surface area (Å²) < 4.78 is 1.75. The number of nitrogens with one attached hydrogen (secondary N) is 1. The van der Waals surface area contributed by atoms with Gasteiger partial charge in [-0.05, 0) is 31.2 Å². The van der Waals surface area contributed by atoms with Gasteiger partial charge in [-0.25, -0.2) is 9.97 Å². The molecule has 0 aliphatic heterocycles. The molecule has 20 heavy (non-hydrogen) atoms. The number of aryl methyl sites for hydroxylation is 1. The second-order valence-corrected chi connectivity index (χ2v) is 4.66. The Morgan fingerprint density at radius 3 is 2.85 bits per heavy atom. The third-order valence-electron chi connectivity index (χ3n) is 2.88. The van der Waals surface area contributed by atoms with Gasteiger partial charge in [0.2, 0.25) is 0 Å². The fourth-order valence-electron chi connectivity index (χ4n) is 2.04. The molecule has 3 aromatic heterocycles. The van der Waals surface area contributed by atoms with Crippen LogP contribution >= 0.6 is 11.6 Å². The smallest absolute Gasteiger partial charge is 0.275 e. The summed E-state index contributed by atoms with van der Waals surface area (Å²) in [6.07, 6.45) is 1.80. The first-order valence-corrected chi connectivity index (χ1v) is 6.40. The quantitative estimate of drug-likeness (QED) is 0.737. The molecule has 0 saturated heterocycles. The van der Waals surface area contributed by atoms with Crippen molar-refractivity contribution in [2.45, 2.75) is 6.92 Å². The molecule has 3 rings (SSSR count). The Balaban J connectivity index is 1.99. The molecule has 0 aliphatic rings. The van der Waals surface area contributed by atoms with Crippen LogP contribution < -0.4 is 5.32 Å². The number of hydrogen-bond donors (Lipinski definition) is 1. The maximum Gasteiger partial charge on any atom is 0.275 e. The lowest BCUT2D eigenvalue weighted by atomic mass is 10.3. The number of rotatable bonds is 2. The summed E-state index contributed by atoms with van der Waals surface area (Å²) in [5.74, 6) is 0.142. The molecule has 0 spiro atoms. The molecule has 0 atom stereocenters. The lowest BCUT2D eigenvalue weighted by Gasteiger charge is -2.05. The van der Waals surface area contributed by atoms with E-state index in [0.29, 0.717) is 22.4 Å². The van der Waals surface area contributed by atoms with Crippen molar-refractivity contribution in [3.8, 4) is 0 Å². The average molecular weight is 287 g/mol. The fraction of sp³-hybridized carbons (Fsp3) is 0.0714. The van der Waals surface area contributed by atoms with E-state index in [-0.39, 0.29) is 5.91 Å². The molecule has 0 radical (unpaired) electrons. The Kier molecular flexibility index (Phi) is 3.12. The SMILES string of the molecule is Cc1nc2ccccn2c1C(=O)Nc1cccc(Cl)n1. The number of carbonyl (C=O) groups excluding carboxylic acids is 1. The number of fused-ring (bicyclic) bond motifs is 1. The zero-order valence-corrected chi connectivity index (χ0v) is 11.4. The van der Waals surface area contributed by atoms with E-state index in [1.54, 1.807) is 35.7 Å². The van der Waals surface area contributed by atoms with E-state index in [9.17, 15) is 4.79 Å². The number of nitrogens with zero attached hydrogens (tertiary/aromatic N) is 3. The molecule has 5 nitrogen and oxygen atoms in total. The van der Waals surface area contributed by atoms with Crippen LogP contribution in [-0.4, -0.2) is 20.3 Å². The highest BCUT2D eigenvalue weighted by molar-refractivity contribution is 6.29. The number of carbonyl (C=O) groups is 1. The highest BCUT2D eigenvalue weighted by Crippen LogP contribution is 2.15. The Morgan fingerprint density at radius 2 is 2.05 bits per heavy atom. The highest BCUT2D eigenvalue weighted by Gasteiger charge is 2.16. The van der Waals surface area contributed by atoms with E-state index in [4.69, 9.17) is 11.6 Å². The maximum absolute atomic E-state index is 12.4. The summed E-state index contributed by atoms with van der Waals surface area (Å²) in [6.45, 7) is 1.80. The van der Waals surface area contributed by atoms with E-state index in [1.807, 2.05) is 18.2 Å². The number of imidazole rings is 1. The van der Waals surface area contributed by atoms with Crippen molar-refractivity contribution in [2.75, 3.05) is 5.32 Å². The summed E-state index contributed by atoms with van der Waals surface area (Å²) in [7, 11) is 0. The first-order valence-electron chi connectivity index (χ1n) is 6.03. The number of hydrogen-bond acceptors (Lipinski definition) is 3. The summed E-state index contributed by atoms with van der Waals surface area (Å²) in [4.78, 5) is 20.8. The molecule has 0 saturated carbocycles. The Labute approximate surface area is 120 Å². The molecule has 3 heterocycles. The first kappa shape index (κ1) is 12.6. The molecule has 0 aliphatic carbocycles. The molecule has 6 heteroatoms. The monoisotopic (exact) mass is 286 g/mol. The molecule has 0 bridgehead atoms. The maximum atomic E-state index is 12.4. The average Bonchev–Trinajstić information content (AvgIpc) is 2.74. The van der Waals surface area contributed by atoms with E-state index in [1.165, 1.54) is 0 Å². The summed E-state index contributed by atoms with van der Waals surface area (Å²) in [5, 5.41) is 3.05. The second-order valence-electron chi connectivity index (χ2n) is 4.27. The zero-order valence-electron chi connectivity index (χ0n) is 10.7. The van der Waals surface area contributed by atoms with Gasteiger partial charge < -0.3 is 5.32 Å². The van der Waals surface area contributed by atoms with E-state index in [2.05, 4.69) is 15.3 Å². The molecular weight excluding hydrogens is 276 g/mol. The van der Waals surface area contributed by atoms with Gasteiger partial charge in [-0.15, -0.1) is 0 Å². The molecule has 100 valence electrons. The van der Waals surface area contributed by atoms with Gasteiger partial charge in [0.1, 0.15) is 22.3 Å². The van der Waals surface area contributed by atoms with Gasteiger partial charge in [-0.2, -0.15) is 0 Å². The molecule has 1 amide bonds. The van der Waals surface area contributed by atoms with Crippen LogP contribution in [0.5, 0.6) is 0 Å². The first-order chi connectivity index (χ1) is 9.65. The number of pyridine rings is 2. The van der Waals surface area contributed by atoms with Crippen LogP contribution in [0.1, 0.15) is 16.2 Å². The second kappa shape index (κ2) is 4.94. The predicted molar refractivity (Wildman–Crippen MR) is 77.1 cm³/mol. The summed E-state index contributed by atoms with van der Waals surface area (Å²) in [5.41, 5.74) is 1.88. The van der Waals surface area contributed by atoms with Gasteiger partial charge in [0.05, 0.1) is 5.69 Å². The Morgan fingerprint density at radius 1 is 1.20 bits per heavy atom. The van der Waals surface area contributed by atoms with Crippen molar-refractivity contribution >= 4 is 29.0 Å². The van der Waals surface area contributed by atoms with Crippen molar-refractivity contribution in [3.63, 3.8) is 0 Å². The fourth-order valence-corrected chi connectivity index (χ4v) is 2.20. The largest absolute Gasteiger partial charge is 0.305 e. The summed E-state index contributed by atoms with van der Waals surface area (Å²) >= 11 is 5.80. The van der Waals surface area contributed by atoms with Crippen LogP contribution in [0.2, 0.25) is 5.15 Å². The van der Waals surface area contributed by atoms with E-state index in [0.717, 1.165) is 5.65 Å². The predicted octanol–water partition coefficient (Wildman–Crippen LogP) is 2.94. The Bertz CT molecular complexity index is 797. The van der Waals surface area contributed by atoms with Crippen LogP contribution in [0.25, 0.3) is 5.65 Å². The lowest BCUT2D eigenvalue weighted by molar-refractivity contribution is 0.102. The van der Waals surface area contributed by atoms with E-state index < -0.39 is 0 Å². The van der Waals surface area contributed by atoms with Crippen LogP contribution in [0, 0.1) is 6.92 Å². The molecule has 1 N–H and O–H groups in total. The summed E-state index contributed by atoms with van der Waals surface area (Å²) in [6, 6.07) is 10.6. The normalized spacial score (nSPS) is 10.7. The zero-order chi connectivity index (χ0) is 14.1. The van der Waals surface area contributed by atoms with E-state index >= 15 is 0 Å². The van der Waals surface area contributed by atoms with Gasteiger partial charge in [0, 0.05) is 6.20 Å². The van der Waals surface area contributed by atoms with Gasteiger partial charge in [0.25, 0.3) is 5.91 Å². The number of anilines is 1. The topological polar surface area (TPSA) is 59.3 Å². The van der Waals surface area contributed by atoms with Gasteiger partial charge in [0.15, 0.2) is 0 Å². The molecule has 0 aromatic carbocycles. The number of amides is 1. The van der Waals surface area contributed by atoms with Crippen molar-refractivity contribution in [1.82, 2.24) is 14.4 Å². The molecule has 0 fully saturated rings. The standard InChI is InChI=1S/C14H11ClN4O/c1-9-13(19-8-3-2-7-12(19)16-9)14(20)18-11-6-4-5-10(15)17-11/h2-8H,1H3,(H,17,18,20). The van der Waals surface area contributed by atoms with Crippen LogP contribution in [0.15, 0.2) is 42.6 Å². The van der Waals surface area contributed by atoms with Gasteiger partial charge in [-0.3, -0.25) is 9.20 Å². The number of halogens is 1. The Hall–Kier alpha value is -2.40.